The second-order valence-corrected chi connectivity index (χ2v) is 14.2. The molecule has 2 aliphatic rings. The van der Waals surface area contributed by atoms with Crippen molar-refractivity contribution in [3.05, 3.63) is 27.9 Å². The van der Waals surface area contributed by atoms with E-state index in [2.05, 4.69) is 28.8 Å². The second-order valence-electron chi connectivity index (χ2n) is 9.25. The Balaban J connectivity index is 1.15. The number of fused-ring (bicyclic) bond motifs is 1. The normalized spacial score (nSPS) is 32.1. The molecule has 0 saturated carbocycles. The number of phosphoric ester groups is 2. The third-order valence-electron chi connectivity index (χ3n) is 6.39. The Kier molecular flexibility index (Phi) is 9.19. The van der Waals surface area contributed by atoms with Crippen LogP contribution in [0.25, 0.3) is 11.2 Å². The van der Waals surface area contributed by atoms with Crippen molar-refractivity contribution in [2.45, 2.75) is 49.0 Å². The van der Waals surface area contributed by atoms with Crippen LogP contribution in [0, 0.1) is 0 Å². The van der Waals surface area contributed by atoms with Crippen LogP contribution in [0.1, 0.15) is 27.4 Å². The molecule has 3 aromatic heterocycles. The number of aromatic nitrogens is 5. The molecular formula is C19H25N7O14P2Se. The molecule has 0 radical (unpaired) electrons. The van der Waals surface area contributed by atoms with Crippen molar-refractivity contribution in [2.75, 3.05) is 18.9 Å². The standard InChI is InChI=1S/C19H25N7O14P2Se/c20-15-9-17(23-4-22-15)26(5-24-9)19-13(30)11(28)8(39-19)2-37-42(34,35)40-41(32,33)36-1-7-10(27)12(29)14(38-7)18-25-6(3-43-18)16(21)31/h3-5,7-8,10-14,19,27-30H,1-2H2,(H2,21,31)(H,32,33)(H,34,35)(H2,20,22,23)/t7-,8+,10-,11+,12-,13+,14-,19+/m1/s1. The van der Waals surface area contributed by atoms with E-state index >= 15 is 0 Å². The van der Waals surface area contributed by atoms with Crippen LogP contribution in [0.15, 0.2) is 17.6 Å². The number of rotatable bonds is 11. The fourth-order valence-electron chi connectivity index (χ4n) is 4.29. The fourth-order valence-corrected chi connectivity index (χ4v) is 8.23. The summed E-state index contributed by atoms with van der Waals surface area (Å²) in [4.78, 5) is 48.5. The minimum atomic E-state index is -5.36. The number of hydrogen-bond acceptors (Lipinski definition) is 17. The van der Waals surface area contributed by atoms with Crippen molar-refractivity contribution >= 4 is 53.0 Å². The number of imidazole rings is 1. The molecule has 5 heterocycles. The summed E-state index contributed by atoms with van der Waals surface area (Å²) in [6.45, 7) is -1.78. The van der Waals surface area contributed by atoms with Crippen molar-refractivity contribution in [1.29, 1.82) is 0 Å². The number of carbonyl (C=O) groups is 1. The Morgan fingerprint density at radius 2 is 1.60 bits per heavy atom. The first kappa shape index (κ1) is 32.2. The van der Waals surface area contributed by atoms with Gasteiger partial charge in [0.1, 0.15) is 24.1 Å². The molecule has 2 unspecified atom stereocenters. The van der Waals surface area contributed by atoms with Crippen LogP contribution >= 0.6 is 15.6 Å². The zero-order valence-corrected chi connectivity index (χ0v) is 24.9. The summed E-state index contributed by atoms with van der Waals surface area (Å²) in [5.74, 6) is -0.743. The number of anilines is 1. The summed E-state index contributed by atoms with van der Waals surface area (Å²) < 4.78 is 50.9. The van der Waals surface area contributed by atoms with E-state index in [0.29, 0.717) is 0 Å². The number of hydrogen-bond donors (Lipinski definition) is 8. The molecule has 0 aliphatic carbocycles. The van der Waals surface area contributed by atoms with Gasteiger partial charge in [0.15, 0.2) is 17.7 Å². The van der Waals surface area contributed by atoms with E-state index in [1.807, 2.05) is 0 Å². The van der Waals surface area contributed by atoms with Crippen molar-refractivity contribution in [3.63, 3.8) is 0 Å². The van der Waals surface area contributed by atoms with Gasteiger partial charge in [-0.15, -0.1) is 0 Å². The molecule has 43 heavy (non-hydrogen) atoms. The molecular weight excluding hydrogens is 691 g/mol. The average Bonchev–Trinajstić information content (AvgIpc) is 3.70. The molecule has 0 spiro atoms. The Labute approximate surface area is 246 Å². The van der Waals surface area contributed by atoms with E-state index in [0.717, 1.165) is 6.33 Å². The predicted octanol–water partition coefficient (Wildman–Crippen LogP) is -3.31. The number of aliphatic hydroxyl groups is 4. The number of phosphoric acid groups is 2. The number of primary amides is 1. The summed E-state index contributed by atoms with van der Waals surface area (Å²) in [5.41, 5.74) is 11.2. The van der Waals surface area contributed by atoms with Crippen LogP contribution in [0.4, 0.5) is 5.82 Å². The fraction of sp³-hybridized carbons (Fsp3) is 0.526. The maximum absolute atomic E-state index is 12.4. The van der Waals surface area contributed by atoms with Gasteiger partial charge in [-0.2, -0.15) is 0 Å². The number of carbonyl (C=O) groups excluding carboxylic acids is 1. The molecule has 24 heteroatoms. The Morgan fingerprint density at radius 1 is 0.977 bits per heavy atom. The van der Waals surface area contributed by atoms with Crippen LogP contribution in [0.5, 0.6) is 0 Å². The molecule has 0 bridgehead atoms. The van der Waals surface area contributed by atoms with E-state index in [1.54, 1.807) is 0 Å². The first-order valence-electron chi connectivity index (χ1n) is 12.0. The van der Waals surface area contributed by atoms with Crippen LogP contribution in [-0.2, 0) is 32.0 Å². The average molecular weight is 716 g/mol. The second kappa shape index (κ2) is 12.3. The minimum absolute atomic E-state index is 0.0394. The van der Waals surface area contributed by atoms with Gasteiger partial charge in [0.25, 0.3) is 0 Å². The van der Waals surface area contributed by atoms with Crippen molar-refractivity contribution in [3.8, 4) is 0 Å². The zero-order chi connectivity index (χ0) is 31.3. The quantitative estimate of drug-likeness (QED) is 0.0711. The molecule has 236 valence electrons. The van der Waals surface area contributed by atoms with Crippen LogP contribution in [0.2, 0.25) is 0 Å². The van der Waals surface area contributed by atoms with E-state index in [-0.39, 0.29) is 27.2 Å². The van der Waals surface area contributed by atoms with Crippen molar-refractivity contribution < 1.29 is 67.0 Å². The summed E-state index contributed by atoms with van der Waals surface area (Å²) in [7, 11) is -10.7. The van der Waals surface area contributed by atoms with Gasteiger partial charge >= 0.3 is 158 Å². The monoisotopic (exact) mass is 717 g/mol. The van der Waals surface area contributed by atoms with E-state index in [1.165, 1.54) is 15.8 Å². The molecule has 21 nitrogen and oxygen atoms in total. The molecule has 3 aromatic rings. The molecule has 1 amide bonds. The van der Waals surface area contributed by atoms with E-state index in [4.69, 9.17) is 25.5 Å². The van der Waals surface area contributed by atoms with Gasteiger partial charge in [-0.3, -0.25) is 4.57 Å². The summed E-state index contributed by atoms with van der Waals surface area (Å²) >= 11 is -0.524. The maximum atomic E-state index is 12.4. The summed E-state index contributed by atoms with van der Waals surface area (Å²) in [5, 5.41) is 41.5. The number of aliphatic hydroxyl groups excluding tert-OH is 4. The molecule has 2 aliphatic heterocycles. The molecule has 2 saturated heterocycles. The Hall–Kier alpha value is -2.23. The SMILES string of the molecule is NC(=O)c1c[se]c([C@@H]2O[C@H](COP(=O)(O)OP(=O)(O)OC[C@@H]3O[C@H](n4cnc5c(N)ncnc54)[C@@H](O)[C@H]3O)[C@@H](O)[C@H]2O)n1. The van der Waals surface area contributed by atoms with E-state index in [9.17, 15) is 44.1 Å². The van der Waals surface area contributed by atoms with Crippen molar-refractivity contribution in [2.24, 2.45) is 5.73 Å². The third-order valence-corrected chi connectivity index (χ3v) is 10.9. The van der Waals surface area contributed by atoms with Gasteiger partial charge in [-0.05, 0) is 0 Å². The van der Waals surface area contributed by atoms with Gasteiger partial charge in [0.2, 0.25) is 0 Å². The van der Waals surface area contributed by atoms with Gasteiger partial charge in [0.05, 0.1) is 6.33 Å². The van der Waals surface area contributed by atoms with Crippen LogP contribution in [-0.4, -0.2) is 125 Å². The molecule has 2 fully saturated rings. The number of nitrogens with zero attached hydrogens (tertiary/aromatic N) is 5. The van der Waals surface area contributed by atoms with Crippen LogP contribution in [0.3, 0.4) is 0 Å². The summed E-state index contributed by atoms with van der Waals surface area (Å²) in [6.07, 6.45) is -9.32. The molecule has 5 rings (SSSR count). The molecule has 0 aromatic carbocycles. The summed E-state index contributed by atoms with van der Waals surface area (Å²) in [6, 6.07) is 0. The van der Waals surface area contributed by atoms with Gasteiger partial charge < -0.3 is 20.7 Å². The first-order chi connectivity index (χ1) is 20.2. The number of ether oxygens (including phenoxy) is 2. The van der Waals surface area contributed by atoms with Crippen LogP contribution < -0.4 is 11.5 Å². The van der Waals surface area contributed by atoms with Crippen molar-refractivity contribution in [1.82, 2.24) is 24.5 Å². The van der Waals surface area contributed by atoms with Gasteiger partial charge in [0, 0.05) is 0 Å². The number of amides is 1. The first-order valence-corrected chi connectivity index (χ1v) is 16.9. The van der Waals surface area contributed by atoms with E-state index < -0.39 is 98.2 Å². The van der Waals surface area contributed by atoms with Gasteiger partial charge in [-0.25, -0.2) is 15.0 Å². The number of nitrogens with two attached hydrogens (primary N) is 2. The Morgan fingerprint density at radius 3 is 2.23 bits per heavy atom. The third kappa shape index (κ3) is 6.74. The Bertz CT molecular complexity index is 1590. The zero-order valence-electron chi connectivity index (χ0n) is 21.4. The van der Waals surface area contributed by atoms with Gasteiger partial charge in [-0.1, -0.05) is 0 Å². The topological polar surface area (TPSA) is 327 Å². The molecule has 10 N–H and O–H groups in total. The molecule has 10 atom stereocenters. The predicted molar refractivity (Wildman–Crippen MR) is 138 cm³/mol. The number of nitrogen functional groups attached to an aromatic ring is 1.